The van der Waals surface area contributed by atoms with Crippen molar-refractivity contribution in [1.82, 2.24) is 15.0 Å². The van der Waals surface area contributed by atoms with Crippen molar-refractivity contribution in [2.75, 3.05) is 25.0 Å². The molecule has 2 heterocycles. The van der Waals surface area contributed by atoms with E-state index in [-0.39, 0.29) is 23.2 Å². The highest BCUT2D eigenvalue weighted by Crippen LogP contribution is 2.26. The summed E-state index contributed by atoms with van der Waals surface area (Å²) in [5, 5.41) is 7.13. The van der Waals surface area contributed by atoms with E-state index in [0.29, 0.717) is 42.7 Å². The van der Waals surface area contributed by atoms with E-state index in [0.717, 1.165) is 24.9 Å². The second-order valence-electron chi connectivity index (χ2n) is 10.2. The van der Waals surface area contributed by atoms with Gasteiger partial charge >= 0.3 is 5.97 Å². The van der Waals surface area contributed by atoms with E-state index in [1.807, 2.05) is 12.1 Å². The predicted octanol–water partition coefficient (Wildman–Crippen LogP) is 5.06. The molecule has 0 aliphatic carbocycles. The molecule has 1 aromatic heterocycles. The third kappa shape index (κ3) is 6.37. The number of anilines is 1. The van der Waals surface area contributed by atoms with Crippen LogP contribution in [0.3, 0.4) is 0 Å². The minimum atomic E-state index is -0.371. The number of hydrogen-bond acceptors (Lipinski definition) is 7. The zero-order chi connectivity index (χ0) is 25.7. The molecule has 1 unspecified atom stereocenters. The topological polar surface area (TPSA) is 97.6 Å². The number of hydrogen-bond donors (Lipinski definition) is 1. The molecule has 1 aliphatic rings. The van der Waals surface area contributed by atoms with Gasteiger partial charge in [-0.05, 0) is 61.6 Å². The maximum absolute atomic E-state index is 12.9. The van der Waals surface area contributed by atoms with Gasteiger partial charge in [0.15, 0.2) is 0 Å². The molecule has 190 valence electrons. The van der Waals surface area contributed by atoms with E-state index >= 15 is 0 Å². The van der Waals surface area contributed by atoms with Gasteiger partial charge in [0, 0.05) is 17.8 Å². The van der Waals surface area contributed by atoms with Crippen molar-refractivity contribution in [1.29, 1.82) is 0 Å². The summed E-state index contributed by atoms with van der Waals surface area (Å²) in [6.45, 7) is 10.6. The number of carbonyl (C=O) groups excluding carboxylic acids is 2. The van der Waals surface area contributed by atoms with Gasteiger partial charge in [-0.15, -0.1) is 0 Å². The molecule has 1 N–H and O–H groups in total. The van der Waals surface area contributed by atoms with E-state index in [9.17, 15) is 9.59 Å². The molecule has 36 heavy (non-hydrogen) atoms. The lowest BCUT2D eigenvalue weighted by molar-refractivity contribution is -0.121. The van der Waals surface area contributed by atoms with Gasteiger partial charge in [-0.2, -0.15) is 4.98 Å². The number of likely N-dealkylation sites (tertiary alicyclic amines) is 1. The summed E-state index contributed by atoms with van der Waals surface area (Å²) >= 11 is 0. The first kappa shape index (κ1) is 25.6. The van der Waals surface area contributed by atoms with Crippen LogP contribution in [0, 0.1) is 5.92 Å². The van der Waals surface area contributed by atoms with Crippen LogP contribution in [-0.4, -0.2) is 46.6 Å². The zero-order valence-corrected chi connectivity index (χ0v) is 21.4. The Labute approximate surface area is 212 Å². The molecule has 1 amide bonds. The van der Waals surface area contributed by atoms with E-state index in [4.69, 9.17) is 9.26 Å². The molecular weight excluding hydrogens is 456 g/mol. The van der Waals surface area contributed by atoms with Crippen molar-refractivity contribution in [2.45, 2.75) is 52.5 Å². The van der Waals surface area contributed by atoms with Crippen molar-refractivity contribution in [3.8, 4) is 11.4 Å². The molecule has 0 bridgehead atoms. The van der Waals surface area contributed by atoms with E-state index in [1.165, 1.54) is 5.56 Å². The van der Waals surface area contributed by atoms with Crippen molar-refractivity contribution in [3.05, 3.63) is 65.5 Å². The number of piperidine rings is 1. The Balaban J connectivity index is 1.32. The Hall–Kier alpha value is -3.52. The van der Waals surface area contributed by atoms with Crippen LogP contribution in [-0.2, 0) is 21.5 Å². The van der Waals surface area contributed by atoms with Gasteiger partial charge in [-0.1, -0.05) is 50.2 Å². The number of amides is 1. The lowest BCUT2D eigenvalue weighted by atomic mass is 9.87. The molecule has 0 spiro atoms. The lowest BCUT2D eigenvalue weighted by Gasteiger charge is -2.30. The maximum atomic E-state index is 12.9. The smallest absolute Gasteiger partial charge is 0.338 e. The van der Waals surface area contributed by atoms with E-state index < -0.39 is 0 Å². The second-order valence-corrected chi connectivity index (χ2v) is 10.2. The first-order valence-corrected chi connectivity index (χ1v) is 12.5. The molecule has 1 atom stereocenters. The van der Waals surface area contributed by atoms with Crippen LogP contribution < -0.4 is 5.32 Å². The van der Waals surface area contributed by atoms with Crippen LogP contribution in [0.2, 0.25) is 0 Å². The Bertz CT molecular complexity index is 1180. The zero-order valence-electron chi connectivity index (χ0n) is 21.4. The van der Waals surface area contributed by atoms with Crippen molar-refractivity contribution in [2.24, 2.45) is 5.92 Å². The Kier molecular flexibility index (Phi) is 7.84. The molecule has 2 aromatic carbocycles. The standard InChI is InChI=1S/C28H34N4O4/c1-5-35-27(34)20-10-14-23(15-11-20)29-26(33)21-7-6-16-32(17-21)18-24-30-25(31-36-24)19-8-12-22(13-9-19)28(2,3)4/h8-15,21H,5-7,16-18H2,1-4H3,(H,29,33). The van der Waals surface area contributed by atoms with Crippen LogP contribution in [0.15, 0.2) is 53.1 Å². The summed E-state index contributed by atoms with van der Waals surface area (Å²) in [5.74, 6) is 0.567. The van der Waals surface area contributed by atoms with E-state index in [2.05, 4.69) is 53.3 Å². The average molecular weight is 491 g/mol. The summed E-state index contributed by atoms with van der Waals surface area (Å²) in [6, 6.07) is 15.0. The minimum Gasteiger partial charge on any atom is -0.462 e. The van der Waals surface area contributed by atoms with Gasteiger partial charge in [0.1, 0.15) is 0 Å². The number of rotatable bonds is 7. The summed E-state index contributed by atoms with van der Waals surface area (Å²) in [6.07, 6.45) is 1.73. The van der Waals surface area contributed by atoms with Crippen LogP contribution in [0.4, 0.5) is 5.69 Å². The molecule has 3 aromatic rings. The highest BCUT2D eigenvalue weighted by molar-refractivity contribution is 5.94. The van der Waals surface area contributed by atoms with Gasteiger partial charge in [0.05, 0.1) is 24.6 Å². The molecule has 0 radical (unpaired) electrons. The number of esters is 1. The van der Waals surface area contributed by atoms with Gasteiger partial charge < -0.3 is 14.6 Å². The lowest BCUT2D eigenvalue weighted by Crippen LogP contribution is -2.40. The largest absolute Gasteiger partial charge is 0.462 e. The van der Waals surface area contributed by atoms with Gasteiger partial charge in [0.2, 0.25) is 17.6 Å². The molecule has 8 nitrogen and oxygen atoms in total. The number of aromatic nitrogens is 2. The first-order valence-electron chi connectivity index (χ1n) is 12.5. The molecule has 4 rings (SSSR count). The quantitative estimate of drug-likeness (QED) is 0.462. The third-order valence-electron chi connectivity index (χ3n) is 6.38. The third-order valence-corrected chi connectivity index (χ3v) is 6.38. The number of nitrogens with one attached hydrogen (secondary N) is 1. The summed E-state index contributed by atoms with van der Waals surface area (Å²) in [4.78, 5) is 31.5. The van der Waals surface area contributed by atoms with Crippen LogP contribution in [0.1, 0.15) is 62.3 Å². The number of carbonyl (C=O) groups is 2. The van der Waals surface area contributed by atoms with Gasteiger partial charge in [-0.25, -0.2) is 4.79 Å². The molecular formula is C28H34N4O4. The Morgan fingerprint density at radius 2 is 1.83 bits per heavy atom. The van der Waals surface area contributed by atoms with Gasteiger partial charge in [0.25, 0.3) is 0 Å². The number of nitrogens with zero attached hydrogens (tertiary/aromatic N) is 3. The van der Waals surface area contributed by atoms with Crippen molar-refractivity contribution >= 4 is 17.6 Å². The number of benzene rings is 2. The van der Waals surface area contributed by atoms with Crippen LogP contribution in [0.25, 0.3) is 11.4 Å². The Morgan fingerprint density at radius 1 is 1.11 bits per heavy atom. The van der Waals surface area contributed by atoms with Crippen molar-refractivity contribution < 1.29 is 18.8 Å². The average Bonchev–Trinajstić information content (AvgIpc) is 3.33. The highest BCUT2D eigenvalue weighted by atomic mass is 16.5. The molecule has 0 saturated carbocycles. The monoisotopic (exact) mass is 490 g/mol. The SMILES string of the molecule is CCOC(=O)c1ccc(NC(=O)C2CCCN(Cc3nc(-c4ccc(C(C)(C)C)cc4)no3)C2)cc1. The van der Waals surface area contributed by atoms with E-state index in [1.54, 1.807) is 31.2 Å². The van der Waals surface area contributed by atoms with Gasteiger partial charge in [-0.3, -0.25) is 9.69 Å². The molecule has 1 fully saturated rings. The van der Waals surface area contributed by atoms with Crippen LogP contribution in [0.5, 0.6) is 0 Å². The molecule has 1 aliphatic heterocycles. The maximum Gasteiger partial charge on any atom is 0.338 e. The number of ether oxygens (including phenoxy) is 1. The second kappa shape index (κ2) is 11.0. The highest BCUT2D eigenvalue weighted by Gasteiger charge is 2.27. The normalized spacial score (nSPS) is 16.5. The predicted molar refractivity (Wildman–Crippen MR) is 137 cm³/mol. The van der Waals surface area contributed by atoms with Crippen molar-refractivity contribution in [3.63, 3.8) is 0 Å². The van der Waals surface area contributed by atoms with Crippen LogP contribution >= 0.6 is 0 Å². The fourth-order valence-corrected chi connectivity index (χ4v) is 4.31. The fourth-order valence-electron chi connectivity index (χ4n) is 4.31. The Morgan fingerprint density at radius 3 is 2.50 bits per heavy atom. The molecule has 1 saturated heterocycles. The minimum absolute atomic E-state index is 0.0336. The fraction of sp³-hybridized carbons (Fsp3) is 0.429. The molecule has 8 heteroatoms. The summed E-state index contributed by atoms with van der Waals surface area (Å²) in [7, 11) is 0. The summed E-state index contributed by atoms with van der Waals surface area (Å²) in [5.41, 5.74) is 3.38. The summed E-state index contributed by atoms with van der Waals surface area (Å²) < 4.78 is 10.5. The first-order chi connectivity index (χ1) is 17.2.